The van der Waals surface area contributed by atoms with Gasteiger partial charge in [-0.05, 0) is 35.9 Å². The summed E-state index contributed by atoms with van der Waals surface area (Å²) >= 11 is 0. The number of hydrazine groups is 1. The molecule has 3 rings (SSSR count). The molecule has 0 unspecified atom stereocenters. The van der Waals surface area contributed by atoms with Crippen LogP contribution in [0.1, 0.15) is 15.9 Å². The molecule has 0 saturated heterocycles. The van der Waals surface area contributed by atoms with E-state index in [9.17, 15) is 14.0 Å². The summed E-state index contributed by atoms with van der Waals surface area (Å²) in [4.78, 5) is 23.9. The van der Waals surface area contributed by atoms with Crippen LogP contribution >= 0.6 is 0 Å². The molecule has 0 saturated carbocycles. The van der Waals surface area contributed by atoms with Crippen molar-refractivity contribution in [3.63, 3.8) is 0 Å². The lowest BCUT2D eigenvalue weighted by molar-refractivity contribution is -0.121. The zero-order valence-corrected chi connectivity index (χ0v) is 12.7. The van der Waals surface area contributed by atoms with E-state index in [4.69, 9.17) is 9.47 Å². The lowest BCUT2D eigenvalue weighted by Crippen LogP contribution is -2.42. The molecule has 6 nitrogen and oxygen atoms in total. The molecular formula is C17H15FN2O4. The van der Waals surface area contributed by atoms with Gasteiger partial charge < -0.3 is 9.47 Å². The molecule has 2 aromatic carbocycles. The Morgan fingerprint density at radius 1 is 0.958 bits per heavy atom. The molecule has 0 aliphatic carbocycles. The van der Waals surface area contributed by atoms with Gasteiger partial charge in [0.1, 0.15) is 19.0 Å². The Balaban J connectivity index is 1.55. The number of fused-ring (bicyclic) bond motifs is 1. The van der Waals surface area contributed by atoms with Crippen molar-refractivity contribution in [2.45, 2.75) is 6.42 Å². The van der Waals surface area contributed by atoms with Crippen LogP contribution in [0.25, 0.3) is 0 Å². The van der Waals surface area contributed by atoms with Gasteiger partial charge >= 0.3 is 0 Å². The quantitative estimate of drug-likeness (QED) is 0.838. The maximum atomic E-state index is 12.8. The van der Waals surface area contributed by atoms with Crippen LogP contribution in [-0.4, -0.2) is 25.0 Å². The topological polar surface area (TPSA) is 76.7 Å². The minimum absolute atomic E-state index is 0.0295. The number of ether oxygens (including phenoxy) is 2. The van der Waals surface area contributed by atoms with Gasteiger partial charge in [-0.2, -0.15) is 0 Å². The summed E-state index contributed by atoms with van der Waals surface area (Å²) in [6.45, 7) is 0.893. The van der Waals surface area contributed by atoms with Crippen LogP contribution in [-0.2, 0) is 11.2 Å². The number of nitrogens with one attached hydrogen (secondary N) is 2. The van der Waals surface area contributed by atoms with Gasteiger partial charge in [-0.1, -0.05) is 12.1 Å². The Hall–Kier alpha value is -3.09. The van der Waals surface area contributed by atoms with E-state index in [2.05, 4.69) is 10.9 Å². The van der Waals surface area contributed by atoms with Gasteiger partial charge in [0.25, 0.3) is 5.91 Å². The van der Waals surface area contributed by atoms with Crippen LogP contribution in [0.15, 0.2) is 42.5 Å². The Morgan fingerprint density at radius 3 is 2.42 bits per heavy atom. The molecule has 124 valence electrons. The number of carbonyl (C=O) groups is 2. The van der Waals surface area contributed by atoms with Crippen LogP contribution in [0, 0.1) is 5.82 Å². The maximum absolute atomic E-state index is 12.8. The Bertz CT molecular complexity index is 762. The summed E-state index contributed by atoms with van der Waals surface area (Å²) in [6, 6.07) is 10.3. The van der Waals surface area contributed by atoms with Crippen molar-refractivity contribution in [1.29, 1.82) is 0 Å². The fraction of sp³-hybridized carbons (Fsp3) is 0.176. The standard InChI is InChI=1S/C17H15FN2O4/c18-13-4-1-11(2-5-13)9-16(21)19-20-17(22)12-3-6-14-15(10-12)24-8-7-23-14/h1-6,10H,7-9H2,(H,19,21)(H,20,22). The highest BCUT2D eigenvalue weighted by Crippen LogP contribution is 2.30. The molecule has 0 fully saturated rings. The van der Waals surface area contributed by atoms with E-state index in [0.29, 0.717) is 35.8 Å². The smallest absolute Gasteiger partial charge is 0.269 e. The highest BCUT2D eigenvalue weighted by atomic mass is 19.1. The Kier molecular flexibility index (Phi) is 4.60. The maximum Gasteiger partial charge on any atom is 0.269 e. The predicted molar refractivity (Wildman–Crippen MR) is 83.1 cm³/mol. The number of amides is 2. The number of benzene rings is 2. The van der Waals surface area contributed by atoms with Gasteiger partial charge in [-0.15, -0.1) is 0 Å². The first-order valence-electron chi connectivity index (χ1n) is 7.35. The second-order valence-corrected chi connectivity index (χ2v) is 5.16. The van der Waals surface area contributed by atoms with Crippen molar-refractivity contribution >= 4 is 11.8 Å². The first-order chi connectivity index (χ1) is 11.6. The molecule has 1 aliphatic heterocycles. The number of carbonyl (C=O) groups excluding carboxylic acids is 2. The summed E-state index contributed by atoms with van der Waals surface area (Å²) in [5, 5.41) is 0. The molecule has 1 heterocycles. The largest absolute Gasteiger partial charge is 0.486 e. The molecule has 0 spiro atoms. The Morgan fingerprint density at radius 2 is 1.67 bits per heavy atom. The molecule has 0 radical (unpaired) electrons. The SMILES string of the molecule is O=C(Cc1ccc(F)cc1)NNC(=O)c1ccc2c(c1)OCCO2. The molecule has 0 aromatic heterocycles. The second-order valence-electron chi connectivity index (χ2n) is 5.16. The molecule has 1 aliphatic rings. The van der Waals surface area contributed by atoms with Gasteiger partial charge in [0.15, 0.2) is 11.5 Å². The van der Waals surface area contributed by atoms with Crippen LogP contribution in [0.3, 0.4) is 0 Å². The number of hydrogen-bond donors (Lipinski definition) is 2. The van der Waals surface area contributed by atoms with Crippen LogP contribution < -0.4 is 20.3 Å². The summed E-state index contributed by atoms with van der Waals surface area (Å²) in [5.74, 6) is -0.178. The highest BCUT2D eigenvalue weighted by molar-refractivity contribution is 5.96. The van der Waals surface area contributed by atoms with Gasteiger partial charge in [0.05, 0.1) is 6.42 Å². The fourth-order valence-corrected chi connectivity index (χ4v) is 2.22. The van der Waals surface area contributed by atoms with E-state index in [0.717, 1.165) is 0 Å². The normalized spacial score (nSPS) is 12.4. The predicted octanol–water partition coefficient (Wildman–Crippen LogP) is 1.60. The van der Waals surface area contributed by atoms with Crippen molar-refractivity contribution < 1.29 is 23.5 Å². The first kappa shape index (κ1) is 15.8. The molecule has 2 amide bonds. The highest BCUT2D eigenvalue weighted by Gasteiger charge is 2.15. The number of hydrogen-bond acceptors (Lipinski definition) is 4. The van der Waals surface area contributed by atoms with Crippen LogP contribution in [0.2, 0.25) is 0 Å². The van der Waals surface area contributed by atoms with Crippen molar-refractivity contribution in [2.24, 2.45) is 0 Å². The summed E-state index contributed by atoms with van der Waals surface area (Å²) in [7, 11) is 0. The first-order valence-corrected chi connectivity index (χ1v) is 7.35. The number of halogens is 1. The third kappa shape index (κ3) is 3.81. The van der Waals surface area contributed by atoms with E-state index >= 15 is 0 Å². The van der Waals surface area contributed by atoms with Gasteiger partial charge in [0.2, 0.25) is 5.91 Å². The Labute approximate surface area is 137 Å². The van der Waals surface area contributed by atoms with Gasteiger partial charge in [0, 0.05) is 5.56 Å². The molecule has 2 aromatic rings. The second kappa shape index (κ2) is 6.99. The minimum Gasteiger partial charge on any atom is -0.486 e. The molecule has 24 heavy (non-hydrogen) atoms. The molecule has 0 bridgehead atoms. The zero-order valence-electron chi connectivity index (χ0n) is 12.7. The van der Waals surface area contributed by atoms with Crippen molar-refractivity contribution in [2.75, 3.05) is 13.2 Å². The van der Waals surface area contributed by atoms with Crippen LogP contribution in [0.5, 0.6) is 11.5 Å². The number of rotatable bonds is 3. The van der Waals surface area contributed by atoms with Crippen molar-refractivity contribution in [3.05, 3.63) is 59.4 Å². The van der Waals surface area contributed by atoms with E-state index in [1.807, 2.05) is 0 Å². The zero-order chi connectivity index (χ0) is 16.9. The van der Waals surface area contributed by atoms with Gasteiger partial charge in [-0.3, -0.25) is 20.4 Å². The average molecular weight is 330 g/mol. The monoisotopic (exact) mass is 330 g/mol. The van der Waals surface area contributed by atoms with Gasteiger partial charge in [-0.25, -0.2) is 4.39 Å². The third-order valence-corrected chi connectivity index (χ3v) is 3.40. The minimum atomic E-state index is -0.473. The van der Waals surface area contributed by atoms with E-state index in [-0.39, 0.29) is 12.2 Å². The summed E-state index contributed by atoms with van der Waals surface area (Å²) in [5.41, 5.74) is 5.62. The lowest BCUT2D eigenvalue weighted by atomic mass is 10.1. The molecular weight excluding hydrogens is 315 g/mol. The molecule has 2 N–H and O–H groups in total. The summed E-state index contributed by atoms with van der Waals surface area (Å²) in [6.07, 6.45) is 0.0295. The molecule has 0 atom stereocenters. The summed E-state index contributed by atoms with van der Waals surface area (Å²) < 4.78 is 23.6. The van der Waals surface area contributed by atoms with Crippen molar-refractivity contribution in [1.82, 2.24) is 10.9 Å². The van der Waals surface area contributed by atoms with E-state index in [1.165, 1.54) is 24.3 Å². The average Bonchev–Trinajstić information content (AvgIpc) is 2.61. The fourth-order valence-electron chi connectivity index (χ4n) is 2.22. The van der Waals surface area contributed by atoms with Crippen LogP contribution in [0.4, 0.5) is 4.39 Å². The van der Waals surface area contributed by atoms with Crippen molar-refractivity contribution in [3.8, 4) is 11.5 Å². The molecule has 7 heteroatoms. The lowest BCUT2D eigenvalue weighted by Gasteiger charge is -2.18. The third-order valence-electron chi connectivity index (χ3n) is 3.40. The van der Waals surface area contributed by atoms with E-state index < -0.39 is 11.8 Å². The van der Waals surface area contributed by atoms with E-state index in [1.54, 1.807) is 18.2 Å².